The first-order chi connectivity index (χ1) is 16.5. The Morgan fingerprint density at radius 3 is 1.59 bits per heavy atom. The third-order valence-corrected chi connectivity index (χ3v) is 9.79. The predicted molar refractivity (Wildman–Crippen MR) is 137 cm³/mol. The number of Topliss-reactive ketones (excluding diaryl/α,β-unsaturated/α-hetero) is 1. The summed E-state index contributed by atoms with van der Waals surface area (Å²) in [6.45, 7) is 1.72. The maximum absolute atomic E-state index is 12.9. The molecule has 0 atom stereocenters. The first-order valence-electron chi connectivity index (χ1n) is 14.6. The van der Waals surface area contributed by atoms with E-state index in [1.54, 1.807) is 6.92 Å². The molecule has 4 saturated carbocycles. The lowest BCUT2D eigenvalue weighted by molar-refractivity contribution is -0.129. The summed E-state index contributed by atoms with van der Waals surface area (Å²) in [4.78, 5) is 24.5. The van der Waals surface area contributed by atoms with Crippen molar-refractivity contribution in [3.05, 3.63) is 0 Å². The van der Waals surface area contributed by atoms with E-state index < -0.39 is 0 Å². The molecule has 5 heteroatoms. The Balaban J connectivity index is 1.08. The summed E-state index contributed by atoms with van der Waals surface area (Å²) in [5.74, 6) is 2.88. The van der Waals surface area contributed by atoms with Gasteiger partial charge in [0.2, 0.25) is 5.91 Å². The van der Waals surface area contributed by atoms with E-state index in [4.69, 9.17) is 4.74 Å². The molecule has 4 aliphatic carbocycles. The van der Waals surface area contributed by atoms with Crippen LogP contribution in [0.1, 0.15) is 116 Å². The van der Waals surface area contributed by atoms with Crippen LogP contribution in [0.5, 0.6) is 0 Å². The summed E-state index contributed by atoms with van der Waals surface area (Å²) in [5.41, 5.74) is 0. The van der Waals surface area contributed by atoms with Crippen LogP contribution in [0, 0.1) is 23.7 Å². The van der Waals surface area contributed by atoms with Gasteiger partial charge >= 0.3 is 0 Å². The van der Waals surface area contributed by atoms with Crippen molar-refractivity contribution in [1.82, 2.24) is 10.6 Å². The van der Waals surface area contributed by atoms with Gasteiger partial charge in [0.05, 0.1) is 12.2 Å². The zero-order chi connectivity index (χ0) is 23.9. The van der Waals surface area contributed by atoms with E-state index in [2.05, 4.69) is 17.7 Å². The highest BCUT2D eigenvalue weighted by molar-refractivity contribution is 5.79. The fraction of sp³-hybridized carbons (Fsp3) is 0.931. The normalized spacial score (nSPS) is 39.4. The van der Waals surface area contributed by atoms with Gasteiger partial charge in [-0.2, -0.15) is 0 Å². The third kappa shape index (κ3) is 7.53. The molecule has 5 nitrogen and oxygen atoms in total. The average molecular weight is 475 g/mol. The van der Waals surface area contributed by atoms with Gasteiger partial charge in [-0.25, -0.2) is 0 Å². The third-order valence-electron chi connectivity index (χ3n) is 9.79. The van der Waals surface area contributed by atoms with Crippen LogP contribution >= 0.6 is 0 Å². The van der Waals surface area contributed by atoms with Crippen molar-refractivity contribution in [3.8, 4) is 0 Å². The highest BCUT2D eigenvalue weighted by atomic mass is 16.5. The van der Waals surface area contributed by atoms with Crippen LogP contribution in [-0.4, -0.2) is 43.0 Å². The topological polar surface area (TPSA) is 67.4 Å². The largest absolute Gasteiger partial charge is 0.375 e. The number of amides is 1. The number of hydrogen-bond acceptors (Lipinski definition) is 4. The number of nitrogens with one attached hydrogen (secondary N) is 2. The van der Waals surface area contributed by atoms with Crippen LogP contribution in [0.15, 0.2) is 0 Å². The second-order valence-corrected chi connectivity index (χ2v) is 12.2. The molecule has 4 aliphatic rings. The van der Waals surface area contributed by atoms with E-state index in [0.29, 0.717) is 29.9 Å². The molecule has 1 amide bonds. The fourth-order valence-corrected chi connectivity index (χ4v) is 7.36. The maximum Gasteiger partial charge on any atom is 0.223 e. The maximum atomic E-state index is 12.9. The minimum atomic E-state index is 0.174. The molecule has 0 aromatic heterocycles. The Labute approximate surface area is 207 Å². The number of ether oxygens (including phenoxy) is 1. The second kappa shape index (κ2) is 12.9. The van der Waals surface area contributed by atoms with E-state index in [1.807, 2.05) is 0 Å². The molecule has 0 aliphatic heterocycles. The van der Waals surface area contributed by atoms with Crippen LogP contribution in [0.3, 0.4) is 0 Å². The van der Waals surface area contributed by atoms with Gasteiger partial charge in [-0.1, -0.05) is 0 Å². The highest BCUT2D eigenvalue weighted by Gasteiger charge is 2.32. The smallest absolute Gasteiger partial charge is 0.223 e. The van der Waals surface area contributed by atoms with Gasteiger partial charge in [-0.05, 0) is 135 Å². The van der Waals surface area contributed by atoms with Crippen molar-refractivity contribution in [2.75, 3.05) is 7.05 Å². The second-order valence-electron chi connectivity index (χ2n) is 12.2. The average Bonchev–Trinajstić information content (AvgIpc) is 2.86. The molecule has 0 aromatic carbocycles. The van der Waals surface area contributed by atoms with Crippen molar-refractivity contribution in [2.24, 2.45) is 23.7 Å². The van der Waals surface area contributed by atoms with Crippen LogP contribution in [0.25, 0.3) is 0 Å². The van der Waals surface area contributed by atoms with Crippen LogP contribution in [-0.2, 0) is 14.3 Å². The van der Waals surface area contributed by atoms with Gasteiger partial charge in [0, 0.05) is 23.9 Å². The van der Waals surface area contributed by atoms with Gasteiger partial charge in [0.25, 0.3) is 0 Å². The molecule has 2 N–H and O–H groups in total. The van der Waals surface area contributed by atoms with E-state index >= 15 is 0 Å². The Bertz CT molecular complexity index is 636. The van der Waals surface area contributed by atoms with E-state index in [1.165, 1.54) is 57.8 Å². The highest BCUT2D eigenvalue weighted by Crippen LogP contribution is 2.36. The zero-order valence-corrected chi connectivity index (χ0v) is 21.9. The minimum absolute atomic E-state index is 0.174. The molecule has 0 bridgehead atoms. The summed E-state index contributed by atoms with van der Waals surface area (Å²) in [7, 11) is 2.10. The number of carbonyl (C=O) groups is 2. The lowest BCUT2D eigenvalue weighted by atomic mass is 9.75. The standard InChI is InChI=1S/C29H50N2O3/c1-20(32)23-7-15-27(16-8-23)34-28-17-9-24(10-18-28)29(33)31-26-13-5-22(6-14-26)19-21-3-11-25(30-2)12-4-21/h21-28,30H,3-19H2,1-2H3,(H,31,33). The summed E-state index contributed by atoms with van der Waals surface area (Å²) in [5, 5.41) is 6.86. The Hall–Kier alpha value is -0.940. The number of carbonyl (C=O) groups excluding carboxylic acids is 2. The molecule has 4 rings (SSSR count). The molecule has 0 heterocycles. The fourth-order valence-electron chi connectivity index (χ4n) is 7.36. The Kier molecular flexibility index (Phi) is 9.88. The lowest BCUT2D eigenvalue weighted by Crippen LogP contribution is -2.42. The monoisotopic (exact) mass is 474 g/mol. The van der Waals surface area contributed by atoms with Crippen LogP contribution in [0.4, 0.5) is 0 Å². The summed E-state index contributed by atoms with van der Waals surface area (Å²) in [6, 6.07) is 1.14. The van der Waals surface area contributed by atoms with E-state index in [0.717, 1.165) is 69.2 Å². The number of ketones is 1. The number of hydrogen-bond donors (Lipinski definition) is 2. The zero-order valence-electron chi connectivity index (χ0n) is 21.9. The predicted octanol–water partition coefficient (Wildman–Crippen LogP) is 5.55. The van der Waals surface area contributed by atoms with Crippen molar-refractivity contribution in [1.29, 1.82) is 0 Å². The Morgan fingerprint density at radius 2 is 1.12 bits per heavy atom. The van der Waals surface area contributed by atoms with E-state index in [9.17, 15) is 9.59 Å². The molecular weight excluding hydrogens is 424 g/mol. The summed E-state index contributed by atoms with van der Waals surface area (Å²) < 4.78 is 6.38. The first kappa shape index (κ1) is 26.1. The molecule has 34 heavy (non-hydrogen) atoms. The van der Waals surface area contributed by atoms with Gasteiger partial charge in [-0.3, -0.25) is 9.59 Å². The lowest BCUT2D eigenvalue weighted by Gasteiger charge is -2.36. The quantitative estimate of drug-likeness (QED) is 0.484. The van der Waals surface area contributed by atoms with Crippen molar-refractivity contribution < 1.29 is 14.3 Å². The van der Waals surface area contributed by atoms with Crippen LogP contribution < -0.4 is 10.6 Å². The molecule has 194 valence electrons. The Morgan fingerprint density at radius 1 is 0.647 bits per heavy atom. The SMILES string of the molecule is CNC1CCC(CC2CCC(NC(=O)C3CCC(OC4CCC(C(C)=O)CC4)CC3)CC2)CC1. The summed E-state index contributed by atoms with van der Waals surface area (Å²) in [6.07, 6.45) is 20.4. The summed E-state index contributed by atoms with van der Waals surface area (Å²) >= 11 is 0. The van der Waals surface area contributed by atoms with Gasteiger partial charge in [0.15, 0.2) is 0 Å². The van der Waals surface area contributed by atoms with Gasteiger partial charge in [-0.15, -0.1) is 0 Å². The van der Waals surface area contributed by atoms with Crippen molar-refractivity contribution in [3.63, 3.8) is 0 Å². The molecule has 0 unspecified atom stereocenters. The minimum Gasteiger partial charge on any atom is -0.375 e. The van der Waals surface area contributed by atoms with Crippen molar-refractivity contribution in [2.45, 2.75) is 140 Å². The van der Waals surface area contributed by atoms with Crippen molar-refractivity contribution >= 4 is 11.7 Å². The molecular formula is C29H50N2O3. The molecule has 0 saturated heterocycles. The number of rotatable bonds is 8. The van der Waals surface area contributed by atoms with Crippen LogP contribution in [0.2, 0.25) is 0 Å². The van der Waals surface area contributed by atoms with E-state index in [-0.39, 0.29) is 11.8 Å². The molecule has 0 radical (unpaired) electrons. The molecule has 0 spiro atoms. The molecule has 4 fully saturated rings. The van der Waals surface area contributed by atoms with Gasteiger partial charge < -0.3 is 15.4 Å². The molecule has 0 aromatic rings. The first-order valence-corrected chi connectivity index (χ1v) is 14.6. The van der Waals surface area contributed by atoms with Gasteiger partial charge in [0.1, 0.15) is 5.78 Å².